The second-order valence-corrected chi connectivity index (χ2v) is 6.79. The molecular formula is C26H32O6. The van der Waals surface area contributed by atoms with Gasteiger partial charge in [0.25, 0.3) is 0 Å². The third kappa shape index (κ3) is 9.51. The number of aromatic carboxylic acids is 1. The number of esters is 1. The van der Waals surface area contributed by atoms with Crippen LogP contribution in [0.4, 0.5) is 0 Å². The Morgan fingerprint density at radius 2 is 1.75 bits per heavy atom. The second-order valence-electron chi connectivity index (χ2n) is 6.79. The Morgan fingerprint density at radius 1 is 1.00 bits per heavy atom. The van der Waals surface area contributed by atoms with Crippen LogP contribution >= 0.6 is 0 Å². The number of rotatable bonds is 10. The molecule has 0 aliphatic rings. The van der Waals surface area contributed by atoms with Crippen molar-refractivity contribution in [1.82, 2.24) is 0 Å². The summed E-state index contributed by atoms with van der Waals surface area (Å²) in [6.07, 6.45) is 12.0. The highest BCUT2D eigenvalue weighted by atomic mass is 16.5. The van der Waals surface area contributed by atoms with E-state index in [4.69, 9.17) is 11.2 Å². The van der Waals surface area contributed by atoms with Crippen molar-refractivity contribution in [2.75, 3.05) is 6.61 Å². The van der Waals surface area contributed by atoms with E-state index in [0.29, 0.717) is 25.3 Å². The highest BCUT2D eigenvalue weighted by Crippen LogP contribution is 2.23. The third-order valence-corrected chi connectivity index (χ3v) is 4.29. The third-order valence-electron chi connectivity index (χ3n) is 4.29. The molecule has 6 heteroatoms. The Morgan fingerprint density at radius 3 is 2.44 bits per heavy atom. The van der Waals surface area contributed by atoms with Crippen molar-refractivity contribution in [1.29, 1.82) is 0 Å². The lowest BCUT2D eigenvalue weighted by Crippen LogP contribution is -2.06. The highest BCUT2D eigenvalue weighted by Gasteiger charge is 2.11. The fourth-order valence-corrected chi connectivity index (χ4v) is 2.58. The minimum atomic E-state index is -1.11. The van der Waals surface area contributed by atoms with Gasteiger partial charge in [0.05, 0.1) is 6.61 Å². The van der Waals surface area contributed by atoms with Crippen molar-refractivity contribution in [3.05, 3.63) is 77.4 Å². The molecule has 0 spiro atoms. The quantitative estimate of drug-likeness (QED) is 0.230. The molecule has 0 atom stereocenters. The van der Waals surface area contributed by atoms with E-state index >= 15 is 0 Å². The molecule has 0 unspecified atom stereocenters. The SMILES string of the molecule is CCCC/C=C\c1cccc(C(=O)O)c1O.[2H]CC/C=C\CCOC(=O)c1ccccc1O. The van der Waals surface area contributed by atoms with Gasteiger partial charge in [0.2, 0.25) is 0 Å². The van der Waals surface area contributed by atoms with Crippen LogP contribution < -0.4 is 0 Å². The Hall–Kier alpha value is -3.54. The number of allylic oxidation sites excluding steroid dienone is 2. The smallest absolute Gasteiger partial charge is 0.341 e. The molecule has 0 aliphatic carbocycles. The van der Waals surface area contributed by atoms with Crippen LogP contribution in [-0.2, 0) is 4.74 Å². The number of phenols is 2. The van der Waals surface area contributed by atoms with E-state index < -0.39 is 11.9 Å². The van der Waals surface area contributed by atoms with Gasteiger partial charge < -0.3 is 20.1 Å². The molecule has 32 heavy (non-hydrogen) atoms. The largest absolute Gasteiger partial charge is 0.507 e. The van der Waals surface area contributed by atoms with E-state index in [2.05, 4.69) is 6.92 Å². The second kappa shape index (κ2) is 15.3. The molecule has 0 heterocycles. The first-order chi connectivity index (χ1) is 15.9. The number of ether oxygens (including phenoxy) is 1. The molecule has 2 aromatic rings. The number of phenolic OH excluding ortho intramolecular Hbond substituents is 1. The first kappa shape index (κ1) is 24.7. The summed E-state index contributed by atoms with van der Waals surface area (Å²) in [6.45, 7) is 2.76. The number of carbonyl (C=O) groups excluding carboxylic acids is 1. The summed E-state index contributed by atoms with van der Waals surface area (Å²) in [4.78, 5) is 22.3. The summed E-state index contributed by atoms with van der Waals surface area (Å²) in [6, 6.07) is 11.0. The van der Waals surface area contributed by atoms with Crippen LogP contribution in [0.1, 0.15) is 73.6 Å². The molecule has 0 saturated carbocycles. The number of para-hydroxylation sites is 2. The maximum Gasteiger partial charge on any atom is 0.341 e. The fraction of sp³-hybridized carbons (Fsp3) is 0.308. The van der Waals surface area contributed by atoms with E-state index in [-0.39, 0.29) is 29.2 Å². The van der Waals surface area contributed by atoms with Crippen LogP contribution in [0, 0.1) is 0 Å². The van der Waals surface area contributed by atoms with Crippen LogP contribution in [0.5, 0.6) is 11.5 Å². The van der Waals surface area contributed by atoms with Gasteiger partial charge in [0, 0.05) is 6.93 Å². The van der Waals surface area contributed by atoms with Crippen molar-refractivity contribution in [3.8, 4) is 11.5 Å². The van der Waals surface area contributed by atoms with Crippen LogP contribution in [0.25, 0.3) is 6.08 Å². The van der Waals surface area contributed by atoms with E-state index in [1.165, 1.54) is 18.2 Å². The Kier molecular flexibility index (Phi) is 11.8. The Balaban J connectivity index is 0.000000331. The number of unbranched alkanes of at least 4 members (excludes halogenated alkanes) is 2. The van der Waals surface area contributed by atoms with Crippen LogP contribution in [-0.4, -0.2) is 33.9 Å². The molecule has 6 nitrogen and oxygen atoms in total. The molecule has 0 radical (unpaired) electrons. The van der Waals surface area contributed by atoms with Gasteiger partial charge in [-0.05, 0) is 37.5 Å². The summed E-state index contributed by atoms with van der Waals surface area (Å²) in [5.41, 5.74) is 0.677. The van der Waals surface area contributed by atoms with Gasteiger partial charge in [0.1, 0.15) is 22.6 Å². The predicted octanol–water partition coefficient (Wildman–Crippen LogP) is 6.20. The van der Waals surface area contributed by atoms with Gasteiger partial charge in [-0.2, -0.15) is 0 Å². The van der Waals surface area contributed by atoms with Crippen LogP contribution in [0.2, 0.25) is 0 Å². The zero-order valence-electron chi connectivity index (χ0n) is 19.4. The topological polar surface area (TPSA) is 104 Å². The van der Waals surface area contributed by atoms with Gasteiger partial charge in [-0.1, -0.05) is 75.2 Å². The zero-order chi connectivity index (χ0) is 24.5. The number of hydrogen-bond donors (Lipinski definition) is 3. The van der Waals surface area contributed by atoms with E-state index in [1.807, 2.05) is 18.2 Å². The van der Waals surface area contributed by atoms with Gasteiger partial charge >= 0.3 is 11.9 Å². The first-order valence-electron chi connectivity index (χ1n) is 11.2. The van der Waals surface area contributed by atoms with Crippen molar-refractivity contribution >= 4 is 18.0 Å². The molecule has 3 N–H and O–H groups in total. The number of carboxylic acids is 1. The van der Waals surface area contributed by atoms with Crippen molar-refractivity contribution < 1.29 is 31.0 Å². The summed E-state index contributed by atoms with van der Waals surface area (Å²) < 4.78 is 11.9. The predicted molar refractivity (Wildman–Crippen MR) is 126 cm³/mol. The number of carboxylic acid groups (broad SMARTS) is 1. The summed E-state index contributed by atoms with van der Waals surface area (Å²) in [5.74, 6) is -1.86. The summed E-state index contributed by atoms with van der Waals surface area (Å²) in [7, 11) is 0. The van der Waals surface area contributed by atoms with Crippen LogP contribution in [0.15, 0.2) is 60.7 Å². The summed E-state index contributed by atoms with van der Waals surface area (Å²) >= 11 is 0. The normalized spacial score (nSPS) is 11.1. The van der Waals surface area contributed by atoms with E-state index in [0.717, 1.165) is 19.3 Å². The van der Waals surface area contributed by atoms with Crippen LogP contribution in [0.3, 0.4) is 0 Å². The maximum absolute atomic E-state index is 11.5. The van der Waals surface area contributed by atoms with E-state index in [1.54, 1.807) is 30.3 Å². The molecule has 0 bridgehead atoms. The minimum Gasteiger partial charge on any atom is -0.507 e. The average Bonchev–Trinajstić information content (AvgIpc) is 2.80. The lowest BCUT2D eigenvalue weighted by molar-refractivity contribution is 0.0507. The molecule has 172 valence electrons. The molecule has 2 aromatic carbocycles. The molecule has 0 aliphatic heterocycles. The molecule has 0 saturated heterocycles. The van der Waals surface area contributed by atoms with Crippen molar-refractivity contribution in [2.24, 2.45) is 0 Å². The van der Waals surface area contributed by atoms with Crippen molar-refractivity contribution in [2.45, 2.75) is 45.9 Å². The van der Waals surface area contributed by atoms with Gasteiger partial charge in [-0.15, -0.1) is 0 Å². The maximum atomic E-state index is 11.5. The van der Waals surface area contributed by atoms with Gasteiger partial charge in [-0.3, -0.25) is 0 Å². The number of carbonyl (C=O) groups is 2. The van der Waals surface area contributed by atoms with Crippen molar-refractivity contribution in [3.63, 3.8) is 0 Å². The Bertz CT molecular complexity index is 936. The highest BCUT2D eigenvalue weighted by molar-refractivity contribution is 5.92. The van der Waals surface area contributed by atoms with E-state index in [9.17, 15) is 19.8 Å². The molecule has 0 fully saturated rings. The molecule has 0 amide bonds. The van der Waals surface area contributed by atoms with Gasteiger partial charge in [0.15, 0.2) is 0 Å². The lowest BCUT2D eigenvalue weighted by atomic mass is 10.1. The first-order valence-corrected chi connectivity index (χ1v) is 10.5. The average molecular weight is 442 g/mol. The fourth-order valence-electron chi connectivity index (χ4n) is 2.58. The standard InChI is InChI=1S/2C13H16O3/c1-2-3-4-7-10-16-13(15)11-8-5-6-9-12(11)14;1-2-3-4-5-7-10-8-6-9-11(12(10)14)13(15)16/h3-6,8-9,14H,2,7,10H2,1H3;5-9,14H,2-4H2,1H3,(H,15,16)/b4-3-;7-5-/i1D;. The molecular weight excluding hydrogens is 408 g/mol. The summed E-state index contributed by atoms with van der Waals surface area (Å²) in [5, 5.41) is 27.9. The molecule has 0 aromatic heterocycles. The number of hydrogen-bond acceptors (Lipinski definition) is 5. The number of benzene rings is 2. The van der Waals surface area contributed by atoms with Gasteiger partial charge in [-0.25, -0.2) is 9.59 Å². The number of aromatic hydroxyl groups is 2. The molecule has 2 rings (SSSR count). The minimum absolute atomic E-state index is 0.0577. The monoisotopic (exact) mass is 441 g/mol. The Labute approximate surface area is 190 Å². The lowest BCUT2D eigenvalue weighted by Gasteiger charge is -2.04. The zero-order valence-corrected chi connectivity index (χ0v) is 18.4.